The fraction of sp³-hybridized carbons (Fsp3) is 0.250. The van der Waals surface area contributed by atoms with Gasteiger partial charge in [0.2, 0.25) is 11.8 Å². The van der Waals surface area contributed by atoms with Crippen LogP contribution in [0.25, 0.3) is 11.5 Å². The van der Waals surface area contributed by atoms with Crippen LogP contribution in [0.5, 0.6) is 17.2 Å². The van der Waals surface area contributed by atoms with E-state index in [1.54, 1.807) is 56.7 Å². The van der Waals surface area contributed by atoms with Gasteiger partial charge in [0.1, 0.15) is 17.2 Å². The quantitative estimate of drug-likeness (QED) is 0.526. The highest BCUT2D eigenvalue weighted by molar-refractivity contribution is 7.99. The minimum Gasteiger partial charge on any atom is -0.497 e. The molecule has 0 aliphatic rings. The van der Waals surface area contributed by atoms with Gasteiger partial charge in [-0.15, -0.1) is 10.2 Å². The molecule has 152 valence electrons. The maximum Gasteiger partial charge on any atom is 0.277 e. The largest absolute Gasteiger partial charge is 0.497 e. The number of hydrogen-bond acceptors (Lipinski definition) is 8. The Morgan fingerprint density at radius 3 is 2.34 bits per heavy atom. The molecular weight excluding hydrogens is 394 g/mol. The number of ether oxygens (including phenoxy) is 3. The van der Waals surface area contributed by atoms with E-state index in [-0.39, 0.29) is 11.7 Å². The summed E-state index contributed by atoms with van der Waals surface area (Å²) in [7, 11) is 3.13. The zero-order valence-corrected chi connectivity index (χ0v) is 17.1. The monoisotopic (exact) mass is 415 g/mol. The average Bonchev–Trinajstić information content (AvgIpc) is 3.22. The second-order valence-corrected chi connectivity index (χ2v) is 6.70. The molecule has 0 saturated heterocycles. The third kappa shape index (κ3) is 5.64. The molecule has 0 bridgehead atoms. The first-order chi connectivity index (χ1) is 14.1. The number of carbonyl (C=O) groups excluding carboxylic acids is 1. The molecule has 0 atom stereocenters. The van der Waals surface area contributed by atoms with E-state index in [9.17, 15) is 4.79 Å². The number of aromatic nitrogens is 2. The molecule has 0 aliphatic heterocycles. The van der Waals surface area contributed by atoms with E-state index in [2.05, 4.69) is 15.5 Å². The smallest absolute Gasteiger partial charge is 0.277 e. The number of hydrogen-bond donors (Lipinski definition) is 1. The number of nitrogens with zero attached hydrogens (tertiary/aromatic N) is 2. The van der Waals surface area contributed by atoms with Gasteiger partial charge in [-0.3, -0.25) is 4.79 Å². The molecular formula is C20H21N3O5S. The number of thioether (sulfide) groups is 1. The van der Waals surface area contributed by atoms with Crippen LogP contribution in [0, 0.1) is 0 Å². The van der Waals surface area contributed by atoms with Crippen molar-refractivity contribution in [3.05, 3.63) is 42.5 Å². The highest BCUT2D eigenvalue weighted by atomic mass is 32.2. The Balaban J connectivity index is 1.58. The number of nitrogens with one attached hydrogen (secondary N) is 1. The van der Waals surface area contributed by atoms with Crippen molar-refractivity contribution >= 4 is 23.4 Å². The van der Waals surface area contributed by atoms with E-state index in [1.807, 2.05) is 6.92 Å². The van der Waals surface area contributed by atoms with Crippen LogP contribution < -0.4 is 19.5 Å². The van der Waals surface area contributed by atoms with E-state index in [0.717, 1.165) is 17.5 Å². The number of benzene rings is 2. The van der Waals surface area contributed by atoms with Gasteiger partial charge in [-0.05, 0) is 43.3 Å². The summed E-state index contributed by atoms with van der Waals surface area (Å²) in [5.74, 6) is 2.25. The molecule has 9 heteroatoms. The summed E-state index contributed by atoms with van der Waals surface area (Å²) in [6.07, 6.45) is 0. The third-order valence-electron chi connectivity index (χ3n) is 3.78. The molecule has 0 aliphatic carbocycles. The molecule has 29 heavy (non-hydrogen) atoms. The van der Waals surface area contributed by atoms with Crippen LogP contribution in [0.15, 0.2) is 52.1 Å². The lowest BCUT2D eigenvalue weighted by Gasteiger charge is -2.06. The summed E-state index contributed by atoms with van der Waals surface area (Å²) < 4.78 is 21.5. The number of carbonyl (C=O) groups is 1. The van der Waals surface area contributed by atoms with Crippen molar-refractivity contribution in [1.29, 1.82) is 0 Å². The molecule has 2 aromatic carbocycles. The summed E-state index contributed by atoms with van der Waals surface area (Å²) in [5, 5.41) is 11.1. The SMILES string of the molecule is CCOc1ccc(NC(=O)CSc2nnc(-c3cc(OC)cc(OC)c3)o2)cc1. The Kier molecular flexibility index (Phi) is 6.96. The van der Waals surface area contributed by atoms with Crippen molar-refractivity contribution in [1.82, 2.24) is 10.2 Å². The Bertz CT molecular complexity index is 937. The number of rotatable bonds is 9. The lowest BCUT2D eigenvalue weighted by molar-refractivity contribution is -0.113. The normalized spacial score (nSPS) is 10.4. The third-order valence-corrected chi connectivity index (χ3v) is 4.60. The first-order valence-electron chi connectivity index (χ1n) is 8.83. The fourth-order valence-electron chi connectivity index (χ4n) is 2.44. The minimum atomic E-state index is -0.179. The van der Waals surface area contributed by atoms with Gasteiger partial charge in [0.15, 0.2) is 0 Å². The molecule has 1 N–H and O–H groups in total. The summed E-state index contributed by atoms with van der Waals surface area (Å²) in [5.41, 5.74) is 1.35. The summed E-state index contributed by atoms with van der Waals surface area (Å²) >= 11 is 1.15. The van der Waals surface area contributed by atoms with Gasteiger partial charge in [0, 0.05) is 17.3 Å². The van der Waals surface area contributed by atoms with Gasteiger partial charge in [0.25, 0.3) is 5.22 Å². The van der Waals surface area contributed by atoms with Crippen LogP contribution in [-0.2, 0) is 4.79 Å². The van der Waals surface area contributed by atoms with Crippen molar-refractivity contribution in [3.63, 3.8) is 0 Å². The van der Waals surface area contributed by atoms with Crippen LogP contribution in [0.2, 0.25) is 0 Å². The molecule has 3 aromatic rings. The predicted octanol–water partition coefficient (Wildman–Crippen LogP) is 3.88. The highest BCUT2D eigenvalue weighted by Gasteiger charge is 2.13. The van der Waals surface area contributed by atoms with Crippen LogP contribution in [0.4, 0.5) is 5.69 Å². The molecule has 0 radical (unpaired) electrons. The molecule has 1 aromatic heterocycles. The van der Waals surface area contributed by atoms with Gasteiger partial charge < -0.3 is 23.9 Å². The molecule has 0 saturated carbocycles. The van der Waals surface area contributed by atoms with E-state index >= 15 is 0 Å². The van der Waals surface area contributed by atoms with E-state index in [1.165, 1.54) is 0 Å². The number of anilines is 1. The van der Waals surface area contributed by atoms with Crippen LogP contribution in [-0.4, -0.2) is 42.7 Å². The first kappa shape index (κ1) is 20.5. The zero-order valence-electron chi connectivity index (χ0n) is 16.3. The number of amides is 1. The zero-order chi connectivity index (χ0) is 20.6. The first-order valence-corrected chi connectivity index (χ1v) is 9.82. The van der Waals surface area contributed by atoms with E-state index in [4.69, 9.17) is 18.6 Å². The van der Waals surface area contributed by atoms with Gasteiger partial charge in [-0.25, -0.2) is 0 Å². The van der Waals surface area contributed by atoms with E-state index < -0.39 is 0 Å². The van der Waals surface area contributed by atoms with Gasteiger partial charge in [0.05, 0.1) is 26.6 Å². The summed E-state index contributed by atoms with van der Waals surface area (Å²) in [4.78, 5) is 12.2. The van der Waals surface area contributed by atoms with E-state index in [0.29, 0.717) is 40.5 Å². The Morgan fingerprint density at radius 2 is 1.72 bits per heavy atom. The molecule has 0 fully saturated rings. The summed E-state index contributed by atoms with van der Waals surface area (Å²) in [6.45, 7) is 2.51. The molecule has 1 heterocycles. The van der Waals surface area contributed by atoms with Crippen molar-refractivity contribution in [3.8, 4) is 28.7 Å². The second kappa shape index (κ2) is 9.83. The van der Waals surface area contributed by atoms with Crippen LogP contribution in [0.3, 0.4) is 0 Å². The van der Waals surface area contributed by atoms with Crippen LogP contribution in [0.1, 0.15) is 6.92 Å². The predicted molar refractivity (Wildman–Crippen MR) is 110 cm³/mol. The standard InChI is InChI=1S/C20H21N3O5S/c1-4-27-15-7-5-14(6-8-15)21-18(24)12-29-20-23-22-19(28-20)13-9-16(25-2)11-17(10-13)26-3/h5-11H,4,12H2,1-3H3,(H,21,24). The van der Waals surface area contributed by atoms with Crippen LogP contribution >= 0.6 is 11.8 Å². The minimum absolute atomic E-state index is 0.135. The second-order valence-electron chi connectivity index (χ2n) is 5.77. The molecule has 0 unspecified atom stereocenters. The van der Waals surface area contributed by atoms with Gasteiger partial charge in [-0.1, -0.05) is 11.8 Å². The average molecular weight is 415 g/mol. The van der Waals surface area contributed by atoms with Crippen molar-refractivity contribution in [2.75, 3.05) is 31.9 Å². The van der Waals surface area contributed by atoms with Gasteiger partial charge in [-0.2, -0.15) is 0 Å². The molecule has 0 spiro atoms. The molecule has 3 rings (SSSR count). The van der Waals surface area contributed by atoms with Gasteiger partial charge >= 0.3 is 0 Å². The molecule has 8 nitrogen and oxygen atoms in total. The lowest BCUT2D eigenvalue weighted by Crippen LogP contribution is -2.13. The van der Waals surface area contributed by atoms with Crippen molar-refractivity contribution < 1.29 is 23.4 Å². The summed E-state index contributed by atoms with van der Waals surface area (Å²) in [6, 6.07) is 12.5. The molecule has 1 amide bonds. The number of methoxy groups -OCH3 is 2. The fourth-order valence-corrected chi connectivity index (χ4v) is 3.00. The maximum absolute atomic E-state index is 12.2. The Morgan fingerprint density at radius 1 is 1.03 bits per heavy atom. The van der Waals surface area contributed by atoms with Crippen molar-refractivity contribution in [2.24, 2.45) is 0 Å². The van der Waals surface area contributed by atoms with Crippen molar-refractivity contribution in [2.45, 2.75) is 12.1 Å². The Hall–Kier alpha value is -3.20. The lowest BCUT2D eigenvalue weighted by atomic mass is 10.2. The Labute approximate surface area is 172 Å². The maximum atomic E-state index is 12.2. The topological polar surface area (TPSA) is 95.7 Å². The highest BCUT2D eigenvalue weighted by Crippen LogP contribution is 2.30.